The van der Waals surface area contributed by atoms with Gasteiger partial charge in [0.25, 0.3) is 0 Å². The number of hydrogen-bond acceptors (Lipinski definition) is 10. The van der Waals surface area contributed by atoms with Gasteiger partial charge in [-0.15, -0.1) is 10.2 Å². The molecule has 0 spiro atoms. The Balaban J connectivity index is 0.000000250. The van der Waals surface area contributed by atoms with Gasteiger partial charge in [0.1, 0.15) is 18.8 Å². The van der Waals surface area contributed by atoms with Crippen LogP contribution in [0.4, 0.5) is 0 Å². The summed E-state index contributed by atoms with van der Waals surface area (Å²) >= 11 is 0. The zero-order chi connectivity index (χ0) is 53.5. The molecule has 76 heavy (non-hydrogen) atoms. The number of rotatable bonds is 9. The molecule has 0 saturated heterocycles. The van der Waals surface area contributed by atoms with Gasteiger partial charge in [-0.1, -0.05) is 98.4 Å². The number of carbonyl (C=O) groups is 4. The molecule has 432 valence electrons. The van der Waals surface area contributed by atoms with Crippen molar-refractivity contribution in [2.24, 2.45) is 91.7 Å². The van der Waals surface area contributed by atoms with E-state index in [1.807, 2.05) is 34.6 Å². The molecular weight excluding hydrogens is 953 g/mol. The van der Waals surface area contributed by atoms with E-state index in [1.165, 1.54) is 60.5 Å². The molecule has 8 aliphatic carbocycles. The van der Waals surface area contributed by atoms with E-state index in [2.05, 4.69) is 75.8 Å². The van der Waals surface area contributed by atoms with Crippen LogP contribution in [0.1, 0.15) is 255 Å². The minimum Gasteiger partial charge on any atom is -0.476 e. The average Bonchev–Trinajstić information content (AvgIpc) is 4.08. The Kier molecular flexibility index (Phi) is 18.9. The van der Waals surface area contributed by atoms with Crippen molar-refractivity contribution in [3.05, 3.63) is 23.8 Å². The first-order valence-corrected chi connectivity index (χ1v) is 28.8. The first kappa shape index (κ1) is 63.5. The smallest absolute Gasteiger partial charge is 0.358 e. The molecule has 0 aliphatic heterocycles. The van der Waals surface area contributed by atoms with E-state index in [4.69, 9.17) is 5.11 Å². The summed E-state index contributed by atoms with van der Waals surface area (Å²) in [5.41, 5.74) is 0.369. The molecule has 13 nitrogen and oxygen atoms in total. The van der Waals surface area contributed by atoms with E-state index < -0.39 is 17.2 Å². The molecule has 8 aliphatic rings. The van der Waals surface area contributed by atoms with Gasteiger partial charge in [0, 0.05) is 18.3 Å². The molecule has 8 saturated carbocycles. The third-order valence-electron chi connectivity index (χ3n) is 21.5. The fourth-order valence-electron chi connectivity index (χ4n) is 18.0. The average molecular weight is 1060 g/mol. The lowest BCUT2D eigenvalue weighted by Crippen LogP contribution is -2.55. The zero-order valence-electron chi connectivity index (χ0n) is 47.4. The Bertz CT molecular complexity index is 2350. The van der Waals surface area contributed by atoms with Crippen molar-refractivity contribution in [3.63, 3.8) is 0 Å². The van der Waals surface area contributed by atoms with Crippen LogP contribution in [0.15, 0.2) is 12.4 Å². The molecule has 3 N–H and O–H groups in total. The summed E-state index contributed by atoms with van der Waals surface area (Å²) in [6, 6.07) is 0. The SMILES string of the molecule is C.C.C.CC(C)(C)C.CC(C)(C)CC(=O)c1cnn(CC(=O)[C@H]2CC[C@H]3[C@@H]4CC[C@@H]5C[C@](C)(O)CC[C@]5(C)[C@H]4CC[C@]23C)n1.C[C@@]1(O)CC[C@@]2(C)[C@H](CC[C@@H]3[C@@H]2CC[C@]2(C)[C@@H](C(=O)Cn4ncc(C(=O)O)n4)CC[C@@H]32)C1. The molecule has 8 fully saturated rings. The third kappa shape index (κ3) is 12.8. The lowest BCUT2D eigenvalue weighted by molar-refractivity contribution is -0.151. The highest BCUT2D eigenvalue weighted by molar-refractivity contribution is 5.94. The fourth-order valence-corrected chi connectivity index (χ4v) is 18.0. The summed E-state index contributed by atoms with van der Waals surface area (Å²) in [6.45, 7) is 28.9. The molecule has 16 atom stereocenters. The molecule has 0 amide bonds. The largest absolute Gasteiger partial charge is 0.476 e. The Labute approximate surface area is 460 Å². The third-order valence-corrected chi connectivity index (χ3v) is 21.5. The molecule has 13 heteroatoms. The maximum atomic E-state index is 13.6. The van der Waals surface area contributed by atoms with Crippen LogP contribution in [-0.4, -0.2) is 79.8 Å². The molecule has 2 heterocycles. The van der Waals surface area contributed by atoms with Crippen LogP contribution in [0.3, 0.4) is 0 Å². The van der Waals surface area contributed by atoms with Gasteiger partial charge in [0.15, 0.2) is 23.0 Å². The van der Waals surface area contributed by atoms with Gasteiger partial charge in [-0.05, 0) is 209 Å². The highest BCUT2D eigenvalue weighted by Gasteiger charge is 2.63. The summed E-state index contributed by atoms with van der Waals surface area (Å²) in [4.78, 5) is 53.2. The van der Waals surface area contributed by atoms with E-state index >= 15 is 0 Å². The Morgan fingerprint density at radius 2 is 0.895 bits per heavy atom. The van der Waals surface area contributed by atoms with Crippen molar-refractivity contribution in [1.29, 1.82) is 0 Å². The van der Waals surface area contributed by atoms with E-state index in [0.717, 1.165) is 83.0 Å². The summed E-state index contributed by atoms with van der Waals surface area (Å²) in [5, 5.41) is 47.1. The van der Waals surface area contributed by atoms with E-state index in [9.17, 15) is 29.4 Å². The highest BCUT2D eigenvalue weighted by atomic mass is 16.4. The summed E-state index contributed by atoms with van der Waals surface area (Å²) < 4.78 is 0. The number of carbonyl (C=O) groups excluding carboxylic acids is 3. The van der Waals surface area contributed by atoms with Crippen LogP contribution in [0.2, 0.25) is 0 Å². The lowest BCUT2D eigenvalue weighted by Gasteiger charge is -2.61. The summed E-state index contributed by atoms with van der Waals surface area (Å²) in [5.74, 6) is 4.56. The summed E-state index contributed by atoms with van der Waals surface area (Å²) in [6.07, 6.45) is 22.8. The lowest BCUT2D eigenvalue weighted by atomic mass is 9.44. The van der Waals surface area contributed by atoms with E-state index in [-0.39, 0.29) is 86.5 Å². The van der Waals surface area contributed by atoms with E-state index in [0.29, 0.717) is 69.8 Å². The topological polar surface area (TPSA) is 190 Å². The molecule has 2 aromatic heterocycles. The van der Waals surface area contributed by atoms with Crippen LogP contribution < -0.4 is 0 Å². The number of aromatic carboxylic acids is 1. The van der Waals surface area contributed by atoms with Gasteiger partial charge in [0.2, 0.25) is 0 Å². The Morgan fingerprint density at radius 3 is 1.26 bits per heavy atom. The van der Waals surface area contributed by atoms with Gasteiger partial charge in [-0.25, -0.2) is 4.79 Å². The van der Waals surface area contributed by atoms with Gasteiger partial charge in [-0.2, -0.15) is 19.8 Å². The quantitative estimate of drug-likeness (QED) is 0.203. The number of aromatic nitrogens is 6. The van der Waals surface area contributed by atoms with Crippen LogP contribution in [0.25, 0.3) is 0 Å². The van der Waals surface area contributed by atoms with Crippen LogP contribution >= 0.6 is 0 Å². The molecule has 2 aromatic rings. The first-order valence-electron chi connectivity index (χ1n) is 28.8. The number of hydrogen-bond donors (Lipinski definition) is 3. The van der Waals surface area contributed by atoms with Gasteiger partial charge < -0.3 is 15.3 Å². The Hall–Kier alpha value is -3.32. The van der Waals surface area contributed by atoms with Crippen LogP contribution in [0.5, 0.6) is 0 Å². The first-order chi connectivity index (χ1) is 33.8. The van der Waals surface area contributed by atoms with Gasteiger partial charge in [0.05, 0.1) is 23.6 Å². The molecular formula is C63H108N6O7. The number of nitrogens with zero attached hydrogens (tertiary/aromatic N) is 6. The van der Waals surface area contributed by atoms with Crippen molar-refractivity contribution in [3.8, 4) is 0 Å². The number of fused-ring (bicyclic) bond motifs is 10. The fraction of sp³-hybridized carbons (Fsp3) is 0.873. The predicted octanol–water partition coefficient (Wildman–Crippen LogP) is 13.8. The van der Waals surface area contributed by atoms with Crippen molar-refractivity contribution >= 4 is 23.3 Å². The second kappa shape index (κ2) is 22.7. The van der Waals surface area contributed by atoms with Crippen LogP contribution in [0, 0.1) is 91.7 Å². The maximum Gasteiger partial charge on any atom is 0.358 e. The second-order valence-corrected chi connectivity index (χ2v) is 30.0. The van der Waals surface area contributed by atoms with E-state index in [1.54, 1.807) is 0 Å². The van der Waals surface area contributed by atoms with Crippen molar-refractivity contribution in [2.45, 2.75) is 259 Å². The predicted molar refractivity (Wildman–Crippen MR) is 302 cm³/mol. The van der Waals surface area contributed by atoms with Crippen molar-refractivity contribution in [2.75, 3.05) is 0 Å². The Morgan fingerprint density at radius 1 is 0.526 bits per heavy atom. The minimum absolute atomic E-state index is 0. The van der Waals surface area contributed by atoms with Crippen LogP contribution in [-0.2, 0) is 22.7 Å². The zero-order valence-corrected chi connectivity index (χ0v) is 47.4. The number of carboxylic acid groups (broad SMARTS) is 1. The normalized spacial score (nSPS) is 40.0. The number of ketones is 3. The molecule has 0 bridgehead atoms. The standard InChI is InChI=1S/C30H47N3O3.C25H37N3O4.C5H12.3CH4/c1-27(2,3)16-25(34)24-17-31-33(32-24)18-26(35)23-10-9-21-20-8-7-19-15-28(4,36)13-14-29(19,5)22(20)11-12-30(21,23)6;1-23(32)10-11-24(2)15(12-23)4-5-16-17-6-7-19(25(17,3)9-8-18(16)24)21(29)14-28-26-13-20(27-28)22(30)31;1-5(2,3)4;;;/h17,19-23,36H,7-16,18H2,1-6H3;13,15-19,32H,4-12,14H2,1-3H3,(H,30,31);1-4H3;3*1H4/t19-,20+,21+,22+,23-,28-,29+,30+;15-,16+,17+,18+,19-,23-,24+,25+;;;;/m11..../s1. The highest BCUT2D eigenvalue weighted by Crippen LogP contribution is 2.70. The van der Waals surface area contributed by atoms with Gasteiger partial charge >= 0.3 is 5.97 Å². The monoisotopic (exact) mass is 1060 g/mol. The maximum absolute atomic E-state index is 13.6. The molecule has 10 rings (SSSR count). The summed E-state index contributed by atoms with van der Waals surface area (Å²) in [7, 11) is 0. The van der Waals surface area contributed by atoms with Crippen molar-refractivity contribution in [1.82, 2.24) is 30.0 Å². The molecule has 0 aromatic carbocycles. The van der Waals surface area contributed by atoms with Crippen molar-refractivity contribution < 1.29 is 34.5 Å². The second-order valence-electron chi connectivity index (χ2n) is 30.0. The minimum atomic E-state index is -1.12. The molecule has 0 unspecified atom stereocenters. The number of Topliss-reactive ketones (excluding diaryl/α,β-unsaturated/α-hetero) is 3. The van der Waals surface area contributed by atoms with Gasteiger partial charge in [-0.3, -0.25) is 14.4 Å². The number of carboxylic acids is 1. The number of aliphatic hydroxyl groups is 2. The molecule has 0 radical (unpaired) electrons.